The topological polar surface area (TPSA) is 46.5 Å². The van der Waals surface area contributed by atoms with Crippen LogP contribution < -0.4 is 0 Å². The molecule has 0 fully saturated rings. The Hall–Kier alpha value is -1.53. The summed E-state index contributed by atoms with van der Waals surface area (Å²) in [5.74, 6) is 0.855. The van der Waals surface area contributed by atoms with E-state index in [2.05, 4.69) is 21.2 Å². The lowest BCUT2D eigenvalue weighted by Gasteiger charge is -2.03. The number of rotatable bonds is 1. The Kier molecular flexibility index (Phi) is 2.12. The van der Waals surface area contributed by atoms with E-state index in [4.69, 9.17) is 12.2 Å². The quantitative estimate of drug-likeness (QED) is 0.674. The average Bonchev–Trinajstić information content (AvgIpc) is 2.85. The fourth-order valence-electron chi connectivity index (χ4n) is 1.66. The maximum atomic E-state index is 5.19. The van der Waals surface area contributed by atoms with Gasteiger partial charge in [-0.2, -0.15) is 5.10 Å². The van der Waals surface area contributed by atoms with Gasteiger partial charge in [-0.1, -0.05) is 0 Å². The van der Waals surface area contributed by atoms with Crippen molar-refractivity contribution in [2.24, 2.45) is 0 Å². The number of hydrogen-bond acceptors (Lipinski definition) is 4. The summed E-state index contributed by atoms with van der Waals surface area (Å²) >= 11 is 6.81. The molecule has 0 aliphatic carbocycles. The molecule has 0 spiro atoms. The summed E-state index contributed by atoms with van der Waals surface area (Å²) in [6.45, 7) is 1.92. The third kappa shape index (κ3) is 1.38. The van der Waals surface area contributed by atoms with Gasteiger partial charge in [0.2, 0.25) is 0 Å². The van der Waals surface area contributed by atoms with Gasteiger partial charge in [-0.05, 0) is 37.3 Å². The predicted molar refractivity (Wildman–Crippen MR) is 66.7 cm³/mol. The average molecular weight is 248 g/mol. The third-order valence-corrected chi connectivity index (χ3v) is 3.48. The summed E-state index contributed by atoms with van der Waals surface area (Å²) in [6, 6.07) is 6.07. The Morgan fingerprint density at radius 3 is 3.06 bits per heavy atom. The molecule has 0 atom stereocenters. The van der Waals surface area contributed by atoms with E-state index in [1.54, 1.807) is 11.3 Å². The molecule has 3 rings (SSSR count). The Morgan fingerprint density at radius 2 is 2.31 bits per heavy atom. The molecule has 0 saturated carbocycles. The van der Waals surface area contributed by atoms with Gasteiger partial charge in [-0.3, -0.25) is 9.67 Å². The van der Waals surface area contributed by atoms with Crippen LogP contribution in [0, 0.1) is 11.7 Å². The van der Waals surface area contributed by atoms with Gasteiger partial charge >= 0.3 is 0 Å². The van der Waals surface area contributed by atoms with Crippen molar-refractivity contribution in [1.29, 1.82) is 0 Å². The van der Waals surface area contributed by atoms with Gasteiger partial charge in [0.15, 0.2) is 4.77 Å². The van der Waals surface area contributed by atoms with Crippen molar-refractivity contribution >= 4 is 33.8 Å². The number of benzene rings is 1. The minimum Gasteiger partial charge on any atom is -0.272 e. The van der Waals surface area contributed by atoms with Crippen LogP contribution in [0.15, 0.2) is 23.7 Å². The maximum Gasteiger partial charge on any atom is 0.199 e. The first-order valence-corrected chi connectivity index (χ1v) is 6.02. The number of thiazole rings is 1. The fraction of sp³-hybridized carbons (Fsp3) is 0.100. The lowest BCUT2D eigenvalue weighted by Crippen LogP contribution is -1.96. The number of aromatic amines is 1. The van der Waals surface area contributed by atoms with Gasteiger partial charge in [-0.25, -0.2) is 4.98 Å². The number of nitrogens with zero attached hydrogens (tertiary/aromatic N) is 3. The smallest absolute Gasteiger partial charge is 0.199 e. The molecule has 3 aromatic rings. The molecule has 0 unspecified atom stereocenters. The fourth-order valence-corrected chi connectivity index (χ4v) is 2.66. The number of aromatic nitrogens is 4. The highest BCUT2D eigenvalue weighted by molar-refractivity contribution is 7.71. The van der Waals surface area contributed by atoms with Crippen LogP contribution in [0.4, 0.5) is 0 Å². The van der Waals surface area contributed by atoms with Crippen LogP contribution in [0.5, 0.6) is 0 Å². The second-order valence-corrected chi connectivity index (χ2v) is 4.69. The SMILES string of the molecule is Cc1n[nH]c(=S)n1-c1ccc2ncsc2c1. The number of H-pyrrole nitrogens is 1. The normalized spacial score (nSPS) is 11.1. The van der Waals surface area contributed by atoms with Crippen molar-refractivity contribution in [2.75, 3.05) is 0 Å². The molecule has 2 heterocycles. The molecule has 0 saturated heterocycles. The molecule has 4 nitrogen and oxygen atoms in total. The maximum absolute atomic E-state index is 5.19. The zero-order chi connectivity index (χ0) is 11.1. The van der Waals surface area contributed by atoms with Crippen molar-refractivity contribution in [3.05, 3.63) is 34.3 Å². The number of aryl methyl sites for hydroxylation is 1. The first-order chi connectivity index (χ1) is 7.75. The first kappa shape index (κ1) is 9.68. The number of fused-ring (bicyclic) bond motifs is 1. The monoisotopic (exact) mass is 248 g/mol. The van der Waals surface area contributed by atoms with Crippen LogP contribution in [0.25, 0.3) is 15.9 Å². The minimum atomic E-state index is 0.612. The van der Waals surface area contributed by atoms with E-state index in [1.807, 2.05) is 29.1 Å². The second kappa shape index (κ2) is 3.50. The standard InChI is InChI=1S/C10H8N4S2/c1-6-12-13-10(15)14(6)7-2-3-8-9(4-7)16-5-11-8/h2-5H,1H3,(H,13,15). The van der Waals surface area contributed by atoms with E-state index >= 15 is 0 Å². The van der Waals surface area contributed by atoms with Crippen LogP contribution in [0.2, 0.25) is 0 Å². The molecule has 2 aromatic heterocycles. The molecule has 0 radical (unpaired) electrons. The van der Waals surface area contributed by atoms with Crippen LogP contribution in [0.1, 0.15) is 5.82 Å². The zero-order valence-corrected chi connectivity index (χ0v) is 10.1. The molecule has 80 valence electrons. The summed E-state index contributed by atoms with van der Waals surface area (Å²) in [7, 11) is 0. The number of hydrogen-bond donors (Lipinski definition) is 1. The Balaban J connectivity index is 2.30. The summed E-state index contributed by atoms with van der Waals surface area (Å²) in [5.41, 5.74) is 3.88. The predicted octanol–water partition coefficient (Wildman–Crippen LogP) is 2.85. The van der Waals surface area contributed by atoms with E-state index in [0.29, 0.717) is 4.77 Å². The molecule has 0 aliphatic heterocycles. The van der Waals surface area contributed by atoms with Gasteiger partial charge in [-0.15, -0.1) is 11.3 Å². The highest BCUT2D eigenvalue weighted by Crippen LogP contribution is 2.21. The van der Waals surface area contributed by atoms with Gasteiger partial charge in [0, 0.05) is 0 Å². The highest BCUT2D eigenvalue weighted by Gasteiger charge is 2.05. The van der Waals surface area contributed by atoms with Crippen LogP contribution >= 0.6 is 23.6 Å². The highest BCUT2D eigenvalue weighted by atomic mass is 32.1. The zero-order valence-electron chi connectivity index (χ0n) is 8.47. The molecule has 0 aliphatic rings. The molecule has 1 aromatic carbocycles. The van der Waals surface area contributed by atoms with E-state index in [1.165, 1.54) is 0 Å². The van der Waals surface area contributed by atoms with E-state index < -0.39 is 0 Å². The summed E-state index contributed by atoms with van der Waals surface area (Å²) in [4.78, 5) is 4.25. The van der Waals surface area contributed by atoms with Gasteiger partial charge in [0.05, 0.1) is 21.4 Å². The van der Waals surface area contributed by atoms with E-state index in [-0.39, 0.29) is 0 Å². The molecular weight excluding hydrogens is 240 g/mol. The Morgan fingerprint density at radius 1 is 1.44 bits per heavy atom. The van der Waals surface area contributed by atoms with E-state index in [9.17, 15) is 0 Å². The van der Waals surface area contributed by atoms with Gasteiger partial charge < -0.3 is 0 Å². The molecule has 0 amide bonds. The van der Waals surface area contributed by atoms with Crippen molar-refractivity contribution in [3.8, 4) is 5.69 Å². The van der Waals surface area contributed by atoms with E-state index in [0.717, 1.165) is 21.7 Å². The van der Waals surface area contributed by atoms with Crippen LogP contribution in [-0.2, 0) is 0 Å². The van der Waals surface area contributed by atoms with Crippen LogP contribution in [0.3, 0.4) is 0 Å². The minimum absolute atomic E-state index is 0.612. The molecule has 0 bridgehead atoms. The second-order valence-electron chi connectivity index (χ2n) is 3.42. The third-order valence-electron chi connectivity index (χ3n) is 2.41. The van der Waals surface area contributed by atoms with Crippen molar-refractivity contribution in [1.82, 2.24) is 19.7 Å². The largest absolute Gasteiger partial charge is 0.272 e. The van der Waals surface area contributed by atoms with Gasteiger partial charge in [0.25, 0.3) is 0 Å². The van der Waals surface area contributed by atoms with Crippen molar-refractivity contribution in [3.63, 3.8) is 0 Å². The summed E-state index contributed by atoms with van der Waals surface area (Å²) < 4.78 is 3.68. The Bertz CT molecular complexity index is 707. The first-order valence-electron chi connectivity index (χ1n) is 4.73. The lowest BCUT2D eigenvalue weighted by molar-refractivity contribution is 0.965. The summed E-state index contributed by atoms with van der Waals surface area (Å²) in [5, 5.41) is 6.87. The van der Waals surface area contributed by atoms with Crippen molar-refractivity contribution < 1.29 is 0 Å². The van der Waals surface area contributed by atoms with Crippen LogP contribution in [-0.4, -0.2) is 19.7 Å². The summed E-state index contributed by atoms with van der Waals surface area (Å²) in [6.07, 6.45) is 0. The van der Waals surface area contributed by atoms with Crippen molar-refractivity contribution in [2.45, 2.75) is 6.92 Å². The molecular formula is C10H8N4S2. The Labute approximate surface area is 101 Å². The van der Waals surface area contributed by atoms with Gasteiger partial charge in [0.1, 0.15) is 5.82 Å². The lowest BCUT2D eigenvalue weighted by atomic mass is 10.3. The molecule has 1 N–H and O–H groups in total. The molecule has 16 heavy (non-hydrogen) atoms. The molecule has 6 heteroatoms. The number of nitrogens with one attached hydrogen (secondary N) is 1.